The minimum absolute atomic E-state index is 0.218. The molecule has 4 heteroatoms. The van der Waals surface area contributed by atoms with Crippen molar-refractivity contribution in [3.8, 4) is 0 Å². The monoisotopic (exact) mass is 294 g/mol. The number of thiophene rings is 1. The molecule has 2 aliphatic rings. The summed E-state index contributed by atoms with van der Waals surface area (Å²) >= 11 is 1.75. The molecule has 2 N–H and O–H groups in total. The van der Waals surface area contributed by atoms with Crippen molar-refractivity contribution in [2.24, 2.45) is 5.92 Å². The van der Waals surface area contributed by atoms with Crippen LogP contribution >= 0.6 is 11.3 Å². The van der Waals surface area contributed by atoms with E-state index in [4.69, 9.17) is 0 Å². The zero-order valence-corrected chi connectivity index (χ0v) is 13.1. The topological polar surface area (TPSA) is 35.5 Å². The van der Waals surface area contributed by atoms with E-state index in [1.54, 1.807) is 11.3 Å². The van der Waals surface area contributed by atoms with Crippen molar-refractivity contribution in [1.29, 1.82) is 0 Å². The van der Waals surface area contributed by atoms with Crippen LogP contribution in [-0.2, 0) is 0 Å². The first kappa shape index (κ1) is 14.4. The molecule has 3 unspecified atom stereocenters. The van der Waals surface area contributed by atoms with Crippen LogP contribution in [0.25, 0.3) is 0 Å². The number of nitrogens with one attached hydrogen (secondary N) is 1. The van der Waals surface area contributed by atoms with Crippen LogP contribution in [0.4, 0.5) is 5.69 Å². The molecule has 1 saturated heterocycles. The molecule has 3 nitrogen and oxygen atoms in total. The minimum Gasteiger partial charge on any atom is -0.393 e. The van der Waals surface area contributed by atoms with E-state index in [2.05, 4.69) is 27.0 Å². The van der Waals surface area contributed by atoms with Crippen LogP contribution < -0.4 is 10.2 Å². The molecule has 3 atom stereocenters. The van der Waals surface area contributed by atoms with Crippen LogP contribution in [0.5, 0.6) is 0 Å². The van der Waals surface area contributed by atoms with Crippen LogP contribution in [0.3, 0.4) is 0 Å². The summed E-state index contributed by atoms with van der Waals surface area (Å²) in [6.07, 6.45) is 6.29. The Balaban J connectivity index is 1.66. The van der Waals surface area contributed by atoms with E-state index >= 15 is 0 Å². The van der Waals surface area contributed by atoms with Gasteiger partial charge in [0.15, 0.2) is 0 Å². The molecule has 1 aliphatic heterocycles. The van der Waals surface area contributed by atoms with Crippen molar-refractivity contribution >= 4 is 17.0 Å². The molecule has 1 saturated carbocycles. The average molecular weight is 294 g/mol. The fraction of sp³-hybridized carbons (Fsp3) is 0.750. The Labute approximate surface area is 126 Å². The molecule has 3 rings (SSSR count). The Kier molecular flexibility index (Phi) is 4.64. The number of rotatable bonds is 4. The molecule has 0 aromatic carbocycles. The molecule has 0 radical (unpaired) electrons. The third-order valence-corrected chi connectivity index (χ3v) is 5.53. The standard InChI is InChI=1S/C16H26N2OS/c1-12(19)13-8-15(17-14-4-2-3-5-14)10-18(9-13)16-6-7-20-11-16/h6-7,11-15,17,19H,2-5,8-10H2,1H3. The SMILES string of the molecule is CC(O)C1CC(NC2CCCC2)CN(c2ccsc2)C1. The zero-order valence-electron chi connectivity index (χ0n) is 12.3. The second-order valence-corrected chi connectivity index (χ2v) is 7.25. The minimum atomic E-state index is -0.218. The van der Waals surface area contributed by atoms with E-state index in [1.165, 1.54) is 31.4 Å². The van der Waals surface area contributed by atoms with Gasteiger partial charge in [-0.1, -0.05) is 12.8 Å². The summed E-state index contributed by atoms with van der Waals surface area (Å²) in [6, 6.07) is 3.42. The van der Waals surface area contributed by atoms with Crippen LogP contribution in [0.1, 0.15) is 39.0 Å². The van der Waals surface area contributed by atoms with Gasteiger partial charge in [0.05, 0.1) is 6.10 Å². The van der Waals surface area contributed by atoms with E-state index in [0.29, 0.717) is 18.0 Å². The summed E-state index contributed by atoms with van der Waals surface area (Å²) in [7, 11) is 0. The van der Waals surface area contributed by atoms with E-state index in [1.807, 2.05) is 6.92 Å². The summed E-state index contributed by atoms with van der Waals surface area (Å²) in [5, 5.41) is 18.2. The molecular weight excluding hydrogens is 268 g/mol. The van der Waals surface area contributed by atoms with Gasteiger partial charge in [0.2, 0.25) is 0 Å². The number of hydrogen-bond acceptors (Lipinski definition) is 4. The lowest BCUT2D eigenvalue weighted by atomic mass is 9.89. The molecule has 112 valence electrons. The maximum absolute atomic E-state index is 10.0. The molecule has 1 aromatic heterocycles. The lowest BCUT2D eigenvalue weighted by molar-refractivity contribution is 0.104. The van der Waals surface area contributed by atoms with Crippen molar-refractivity contribution in [1.82, 2.24) is 5.32 Å². The number of hydrogen-bond donors (Lipinski definition) is 2. The van der Waals surface area contributed by atoms with Gasteiger partial charge in [-0.05, 0) is 37.6 Å². The van der Waals surface area contributed by atoms with Gasteiger partial charge >= 0.3 is 0 Å². The van der Waals surface area contributed by atoms with Gasteiger partial charge in [-0.25, -0.2) is 0 Å². The van der Waals surface area contributed by atoms with Crippen molar-refractivity contribution < 1.29 is 5.11 Å². The highest BCUT2D eigenvalue weighted by molar-refractivity contribution is 7.08. The lowest BCUT2D eigenvalue weighted by Gasteiger charge is -2.41. The molecule has 0 amide bonds. The second-order valence-electron chi connectivity index (χ2n) is 6.47. The highest BCUT2D eigenvalue weighted by Gasteiger charge is 2.31. The van der Waals surface area contributed by atoms with Gasteiger partial charge in [0.25, 0.3) is 0 Å². The van der Waals surface area contributed by atoms with Crippen LogP contribution in [0.2, 0.25) is 0 Å². The van der Waals surface area contributed by atoms with Gasteiger partial charge < -0.3 is 15.3 Å². The fourth-order valence-electron chi connectivity index (χ4n) is 3.68. The number of piperidine rings is 1. The first-order valence-electron chi connectivity index (χ1n) is 7.93. The van der Waals surface area contributed by atoms with Crippen molar-refractivity contribution in [3.63, 3.8) is 0 Å². The zero-order chi connectivity index (χ0) is 13.9. The molecule has 20 heavy (non-hydrogen) atoms. The Hall–Kier alpha value is -0.580. The van der Waals surface area contributed by atoms with Crippen LogP contribution in [-0.4, -0.2) is 36.4 Å². The first-order chi connectivity index (χ1) is 9.72. The van der Waals surface area contributed by atoms with Gasteiger partial charge in [-0.2, -0.15) is 11.3 Å². The summed E-state index contributed by atoms with van der Waals surface area (Å²) in [6.45, 7) is 4.00. The Bertz CT molecular complexity index is 399. The summed E-state index contributed by atoms with van der Waals surface area (Å²) in [5.74, 6) is 0.377. The quantitative estimate of drug-likeness (QED) is 0.896. The lowest BCUT2D eigenvalue weighted by Crippen LogP contribution is -2.53. The average Bonchev–Trinajstić information content (AvgIpc) is 3.11. The Morgan fingerprint density at radius 3 is 2.75 bits per heavy atom. The van der Waals surface area contributed by atoms with Gasteiger partial charge in [0.1, 0.15) is 0 Å². The third kappa shape index (κ3) is 3.35. The molecule has 1 aromatic rings. The first-order valence-corrected chi connectivity index (χ1v) is 8.88. The number of nitrogens with zero attached hydrogens (tertiary/aromatic N) is 1. The molecule has 0 spiro atoms. The van der Waals surface area contributed by atoms with Crippen molar-refractivity contribution in [3.05, 3.63) is 16.8 Å². The van der Waals surface area contributed by atoms with Gasteiger partial charge in [-0.3, -0.25) is 0 Å². The summed E-state index contributed by atoms with van der Waals surface area (Å²) < 4.78 is 0. The summed E-state index contributed by atoms with van der Waals surface area (Å²) in [5.41, 5.74) is 1.32. The Morgan fingerprint density at radius 1 is 1.30 bits per heavy atom. The third-order valence-electron chi connectivity index (χ3n) is 4.86. The highest BCUT2D eigenvalue weighted by atomic mass is 32.1. The van der Waals surface area contributed by atoms with E-state index in [9.17, 15) is 5.11 Å². The molecule has 0 bridgehead atoms. The highest BCUT2D eigenvalue weighted by Crippen LogP contribution is 2.28. The van der Waals surface area contributed by atoms with Crippen molar-refractivity contribution in [2.75, 3.05) is 18.0 Å². The predicted octanol–water partition coefficient (Wildman–Crippen LogP) is 2.86. The van der Waals surface area contributed by atoms with Crippen LogP contribution in [0.15, 0.2) is 16.8 Å². The molecule has 2 fully saturated rings. The smallest absolute Gasteiger partial charge is 0.0557 e. The summed E-state index contributed by atoms with van der Waals surface area (Å²) in [4.78, 5) is 2.45. The molecule has 1 aliphatic carbocycles. The molecule has 2 heterocycles. The van der Waals surface area contributed by atoms with Crippen LogP contribution in [0, 0.1) is 5.92 Å². The predicted molar refractivity (Wildman–Crippen MR) is 85.5 cm³/mol. The number of aliphatic hydroxyl groups is 1. The number of aliphatic hydroxyl groups excluding tert-OH is 1. The largest absolute Gasteiger partial charge is 0.393 e. The maximum Gasteiger partial charge on any atom is 0.0557 e. The van der Waals surface area contributed by atoms with Gasteiger partial charge in [-0.15, -0.1) is 0 Å². The van der Waals surface area contributed by atoms with E-state index in [-0.39, 0.29) is 6.10 Å². The van der Waals surface area contributed by atoms with E-state index < -0.39 is 0 Å². The fourth-order valence-corrected chi connectivity index (χ4v) is 4.35. The normalized spacial score (nSPS) is 29.8. The van der Waals surface area contributed by atoms with Gasteiger partial charge in [0, 0.05) is 42.2 Å². The Morgan fingerprint density at radius 2 is 2.10 bits per heavy atom. The maximum atomic E-state index is 10.0. The second kappa shape index (κ2) is 6.46. The number of anilines is 1. The van der Waals surface area contributed by atoms with E-state index in [0.717, 1.165) is 19.5 Å². The molecular formula is C16H26N2OS. The van der Waals surface area contributed by atoms with Crippen molar-refractivity contribution in [2.45, 2.75) is 57.2 Å².